The maximum Gasteiger partial charge on any atom is 0.225 e. The predicted molar refractivity (Wildman–Crippen MR) is 74.7 cm³/mol. The number of carbonyl (C=O) groups is 1. The van der Waals surface area contributed by atoms with Gasteiger partial charge in [0.15, 0.2) is 0 Å². The van der Waals surface area contributed by atoms with Gasteiger partial charge in [-0.05, 0) is 38.8 Å². The summed E-state index contributed by atoms with van der Waals surface area (Å²) in [4.78, 5) is 16.4. The molecule has 0 aromatic heterocycles. The number of hydrogen-bond acceptors (Lipinski definition) is 4. The first-order valence-electron chi connectivity index (χ1n) is 7.14. The van der Waals surface area contributed by atoms with Crippen molar-refractivity contribution in [1.82, 2.24) is 9.80 Å². The molecule has 0 bridgehead atoms. The highest BCUT2D eigenvalue weighted by Crippen LogP contribution is 2.21. The summed E-state index contributed by atoms with van der Waals surface area (Å²) in [6.07, 6.45) is 5.30. The Morgan fingerprint density at radius 3 is 2.21 bits per heavy atom. The fraction of sp³-hybridized carbons (Fsp3) is 0.923. The molecule has 2 heterocycles. The summed E-state index contributed by atoms with van der Waals surface area (Å²) in [6, 6.07) is 0. The molecule has 2 rings (SSSR count). The quantitative estimate of drug-likeness (QED) is 0.750. The van der Waals surface area contributed by atoms with Gasteiger partial charge in [-0.15, -0.1) is 0 Å². The Kier molecular flexibility index (Phi) is 4.84. The molecule has 2 fully saturated rings. The van der Waals surface area contributed by atoms with Gasteiger partial charge >= 0.3 is 0 Å². The van der Waals surface area contributed by atoms with E-state index >= 15 is 0 Å². The zero-order valence-corrected chi connectivity index (χ0v) is 12.5. The second kappa shape index (κ2) is 6.22. The van der Waals surface area contributed by atoms with E-state index in [0.717, 1.165) is 51.9 Å². The lowest BCUT2D eigenvalue weighted by Crippen LogP contribution is -2.42. The van der Waals surface area contributed by atoms with Crippen LogP contribution in [0.4, 0.5) is 0 Å². The number of piperidine rings is 1. The van der Waals surface area contributed by atoms with Crippen LogP contribution < -0.4 is 0 Å². The van der Waals surface area contributed by atoms with Crippen molar-refractivity contribution in [3.05, 3.63) is 0 Å². The van der Waals surface area contributed by atoms with Crippen LogP contribution in [0.5, 0.6) is 0 Å². The molecule has 0 radical (unpaired) electrons. The monoisotopic (exact) mass is 288 g/mol. The van der Waals surface area contributed by atoms with Crippen LogP contribution in [0.25, 0.3) is 0 Å². The number of amides is 1. The van der Waals surface area contributed by atoms with Gasteiger partial charge in [0, 0.05) is 31.8 Å². The van der Waals surface area contributed by atoms with Gasteiger partial charge in [-0.1, -0.05) is 0 Å². The zero-order valence-electron chi connectivity index (χ0n) is 11.7. The van der Waals surface area contributed by atoms with E-state index < -0.39 is 9.84 Å². The van der Waals surface area contributed by atoms with Gasteiger partial charge in [0.25, 0.3) is 0 Å². The molecule has 0 aromatic rings. The van der Waals surface area contributed by atoms with Crippen LogP contribution in [0.15, 0.2) is 0 Å². The molecule has 19 heavy (non-hydrogen) atoms. The van der Waals surface area contributed by atoms with Crippen molar-refractivity contribution >= 4 is 15.7 Å². The van der Waals surface area contributed by atoms with Crippen molar-refractivity contribution in [1.29, 1.82) is 0 Å². The van der Waals surface area contributed by atoms with Crippen molar-refractivity contribution in [2.75, 3.05) is 44.7 Å². The van der Waals surface area contributed by atoms with Gasteiger partial charge in [-0.2, -0.15) is 0 Å². The lowest BCUT2D eigenvalue weighted by Gasteiger charge is -2.32. The summed E-state index contributed by atoms with van der Waals surface area (Å²) in [5.41, 5.74) is 0. The number of hydrogen-bond donors (Lipinski definition) is 0. The van der Waals surface area contributed by atoms with E-state index in [0.29, 0.717) is 12.5 Å². The maximum absolute atomic E-state index is 12.2. The van der Waals surface area contributed by atoms with E-state index in [1.54, 1.807) is 0 Å². The van der Waals surface area contributed by atoms with Crippen molar-refractivity contribution in [3.8, 4) is 0 Å². The second-order valence-electron chi connectivity index (χ2n) is 5.78. The Bertz CT molecular complexity index is 408. The lowest BCUT2D eigenvalue weighted by atomic mass is 9.95. The van der Waals surface area contributed by atoms with Gasteiger partial charge in [-0.3, -0.25) is 4.79 Å². The van der Waals surface area contributed by atoms with Crippen molar-refractivity contribution in [2.24, 2.45) is 5.92 Å². The van der Waals surface area contributed by atoms with E-state index in [-0.39, 0.29) is 11.7 Å². The normalized spacial score (nSPS) is 22.9. The molecule has 110 valence electrons. The molecule has 6 heteroatoms. The Balaban J connectivity index is 1.74. The Labute approximate surface area is 115 Å². The summed E-state index contributed by atoms with van der Waals surface area (Å²) >= 11 is 0. The van der Waals surface area contributed by atoms with Gasteiger partial charge in [0.1, 0.15) is 9.84 Å². The zero-order chi connectivity index (χ0) is 13.9. The molecule has 0 saturated carbocycles. The van der Waals surface area contributed by atoms with Gasteiger partial charge in [-0.25, -0.2) is 8.42 Å². The van der Waals surface area contributed by atoms with Crippen LogP contribution in [-0.4, -0.2) is 68.9 Å². The first-order valence-corrected chi connectivity index (χ1v) is 9.20. The highest BCUT2D eigenvalue weighted by molar-refractivity contribution is 7.90. The SMILES string of the molecule is CS(=O)(=O)CCN1CCC(C(=O)N2CCCC2)CC1. The molecule has 0 aromatic carbocycles. The largest absolute Gasteiger partial charge is 0.342 e. The fourth-order valence-corrected chi connectivity index (χ4v) is 3.48. The van der Waals surface area contributed by atoms with Crippen LogP contribution >= 0.6 is 0 Å². The van der Waals surface area contributed by atoms with E-state index in [1.807, 2.05) is 4.90 Å². The molecule has 0 spiro atoms. The molecule has 5 nitrogen and oxygen atoms in total. The summed E-state index contributed by atoms with van der Waals surface area (Å²) < 4.78 is 22.3. The number of carbonyl (C=O) groups excluding carboxylic acids is 1. The molecule has 0 unspecified atom stereocenters. The average molecular weight is 288 g/mol. The highest BCUT2D eigenvalue weighted by Gasteiger charge is 2.29. The van der Waals surface area contributed by atoms with E-state index in [2.05, 4.69) is 4.90 Å². The molecule has 1 amide bonds. The highest BCUT2D eigenvalue weighted by atomic mass is 32.2. The average Bonchev–Trinajstić information content (AvgIpc) is 2.89. The minimum atomic E-state index is -2.88. The molecule has 0 N–H and O–H groups in total. The van der Waals surface area contributed by atoms with E-state index in [4.69, 9.17) is 0 Å². The van der Waals surface area contributed by atoms with Crippen LogP contribution in [0.3, 0.4) is 0 Å². The lowest BCUT2D eigenvalue weighted by molar-refractivity contribution is -0.135. The molecular formula is C13H24N2O3S. The summed E-state index contributed by atoms with van der Waals surface area (Å²) in [5.74, 6) is 0.699. The van der Waals surface area contributed by atoms with Crippen molar-refractivity contribution in [3.63, 3.8) is 0 Å². The minimum Gasteiger partial charge on any atom is -0.342 e. The van der Waals surface area contributed by atoms with Crippen LogP contribution in [0.1, 0.15) is 25.7 Å². The third kappa shape index (κ3) is 4.45. The number of nitrogens with zero attached hydrogens (tertiary/aromatic N) is 2. The van der Waals surface area contributed by atoms with Crippen molar-refractivity contribution in [2.45, 2.75) is 25.7 Å². The number of likely N-dealkylation sites (tertiary alicyclic amines) is 2. The molecular weight excluding hydrogens is 264 g/mol. The molecule has 0 aliphatic carbocycles. The van der Waals surface area contributed by atoms with Gasteiger partial charge in [0.2, 0.25) is 5.91 Å². The van der Waals surface area contributed by atoms with E-state index in [1.165, 1.54) is 6.26 Å². The Hall–Kier alpha value is -0.620. The molecule has 0 atom stereocenters. The molecule has 2 saturated heterocycles. The van der Waals surface area contributed by atoms with Crippen LogP contribution in [0.2, 0.25) is 0 Å². The Morgan fingerprint density at radius 2 is 1.68 bits per heavy atom. The van der Waals surface area contributed by atoms with Crippen LogP contribution in [-0.2, 0) is 14.6 Å². The molecule has 2 aliphatic heterocycles. The molecule has 2 aliphatic rings. The summed E-state index contributed by atoms with van der Waals surface area (Å²) in [5, 5.41) is 0. The Morgan fingerprint density at radius 1 is 1.11 bits per heavy atom. The van der Waals surface area contributed by atoms with Crippen molar-refractivity contribution < 1.29 is 13.2 Å². The third-order valence-corrected chi connectivity index (χ3v) is 5.06. The number of rotatable bonds is 4. The van der Waals surface area contributed by atoms with E-state index in [9.17, 15) is 13.2 Å². The van der Waals surface area contributed by atoms with Gasteiger partial charge < -0.3 is 9.80 Å². The van der Waals surface area contributed by atoms with Crippen LogP contribution in [0, 0.1) is 5.92 Å². The van der Waals surface area contributed by atoms with Gasteiger partial charge in [0.05, 0.1) is 5.75 Å². The second-order valence-corrected chi connectivity index (χ2v) is 8.04. The summed E-state index contributed by atoms with van der Waals surface area (Å²) in [7, 11) is -2.88. The predicted octanol–water partition coefficient (Wildman–Crippen LogP) is 0.365. The third-order valence-electron chi connectivity index (χ3n) is 4.13. The first-order chi connectivity index (χ1) is 8.96. The minimum absolute atomic E-state index is 0.160. The summed E-state index contributed by atoms with van der Waals surface area (Å²) in [6.45, 7) is 4.14. The smallest absolute Gasteiger partial charge is 0.225 e. The topological polar surface area (TPSA) is 57.7 Å². The fourth-order valence-electron chi connectivity index (χ4n) is 2.89. The number of sulfone groups is 1. The standard InChI is InChI=1S/C13H24N2O3S/c1-19(17,18)11-10-14-8-4-12(5-9-14)13(16)15-6-2-3-7-15/h12H,2-11H2,1H3. The maximum atomic E-state index is 12.2. The first kappa shape index (κ1) is 14.8.